The third-order valence-corrected chi connectivity index (χ3v) is 9.67. The molecule has 0 radical (unpaired) electrons. The normalized spacial score (nSPS) is 13.7. The van der Waals surface area contributed by atoms with Gasteiger partial charge in [0.2, 0.25) is 0 Å². The van der Waals surface area contributed by atoms with E-state index in [1.165, 1.54) is 141 Å². The molecule has 2 unspecified atom stereocenters. The largest absolute Gasteiger partial charge is 0.472 e. The number of rotatable bonds is 39. The van der Waals surface area contributed by atoms with E-state index in [1.54, 1.807) is 0 Å². The highest BCUT2D eigenvalue weighted by atomic mass is 31.2. The van der Waals surface area contributed by atoms with Crippen molar-refractivity contribution in [3.63, 3.8) is 0 Å². The monoisotopic (exact) mass is 704 g/mol. The molecule has 0 aromatic heterocycles. The average molecular weight is 704 g/mol. The van der Waals surface area contributed by atoms with E-state index in [4.69, 9.17) is 24.3 Å². The quantitative estimate of drug-likeness (QED) is 0.0281. The fourth-order valence-corrected chi connectivity index (χ4v) is 6.46. The molecule has 0 bridgehead atoms. The standard InChI is InChI=1S/C39H78NO7P/c1-3-5-7-9-11-13-15-17-18-19-21-23-25-27-29-31-34-44-36-38(37-46-48(42,43)45-35-33-40)47-39(41)32-30-28-26-24-22-20-16-14-12-10-8-6-4-2/h17-18,38H,3-16,19-37,40H2,1-2H3,(H,42,43)/b18-17-. The van der Waals surface area contributed by atoms with Gasteiger partial charge in [0.05, 0.1) is 19.8 Å². The van der Waals surface area contributed by atoms with Crippen molar-refractivity contribution in [1.82, 2.24) is 0 Å². The number of hydrogen-bond donors (Lipinski definition) is 2. The Bertz CT molecular complexity index is 752. The minimum absolute atomic E-state index is 0.0935. The Kier molecular flexibility index (Phi) is 36.9. The van der Waals surface area contributed by atoms with Gasteiger partial charge in [0, 0.05) is 19.6 Å². The molecule has 8 nitrogen and oxygen atoms in total. The molecule has 0 aromatic rings. The lowest BCUT2D eigenvalue weighted by Crippen LogP contribution is -2.28. The zero-order valence-corrected chi connectivity index (χ0v) is 32.4. The lowest BCUT2D eigenvalue weighted by Gasteiger charge is -2.20. The molecule has 0 aromatic carbocycles. The summed E-state index contributed by atoms with van der Waals surface area (Å²) in [6.45, 7) is 4.93. The molecule has 0 fully saturated rings. The van der Waals surface area contributed by atoms with Crippen LogP contribution in [0.5, 0.6) is 0 Å². The van der Waals surface area contributed by atoms with Crippen LogP contribution in [0.4, 0.5) is 0 Å². The Balaban J connectivity index is 4.04. The summed E-state index contributed by atoms with van der Waals surface area (Å²) in [7, 11) is -4.27. The number of ether oxygens (including phenoxy) is 2. The minimum atomic E-state index is -4.27. The van der Waals surface area contributed by atoms with Gasteiger partial charge < -0.3 is 20.1 Å². The van der Waals surface area contributed by atoms with Gasteiger partial charge >= 0.3 is 13.8 Å². The van der Waals surface area contributed by atoms with Crippen LogP contribution in [0.3, 0.4) is 0 Å². The Morgan fingerprint density at radius 1 is 0.604 bits per heavy atom. The number of carbonyl (C=O) groups is 1. The third kappa shape index (κ3) is 36.5. The molecule has 3 N–H and O–H groups in total. The second-order valence-corrected chi connectivity index (χ2v) is 15.0. The minimum Gasteiger partial charge on any atom is -0.457 e. The van der Waals surface area contributed by atoms with Crippen molar-refractivity contribution < 1.29 is 32.8 Å². The number of allylic oxidation sites excluding steroid dienone is 2. The lowest BCUT2D eigenvalue weighted by atomic mass is 10.0. The van der Waals surface area contributed by atoms with Crippen LogP contribution >= 0.6 is 7.82 Å². The average Bonchev–Trinajstić information content (AvgIpc) is 3.07. The first-order valence-corrected chi connectivity index (χ1v) is 21.7. The zero-order chi connectivity index (χ0) is 35.2. The second-order valence-electron chi connectivity index (χ2n) is 13.5. The molecule has 0 saturated carbocycles. The number of nitrogens with two attached hydrogens (primary N) is 1. The number of carbonyl (C=O) groups excluding carboxylic acids is 1. The van der Waals surface area contributed by atoms with Gasteiger partial charge in [0.25, 0.3) is 0 Å². The van der Waals surface area contributed by atoms with Crippen molar-refractivity contribution in [2.75, 3.05) is 33.0 Å². The van der Waals surface area contributed by atoms with Crippen LogP contribution in [0, 0.1) is 0 Å². The van der Waals surface area contributed by atoms with Gasteiger partial charge in [-0.15, -0.1) is 0 Å². The topological polar surface area (TPSA) is 117 Å². The molecule has 0 rings (SSSR count). The first-order valence-electron chi connectivity index (χ1n) is 20.2. The molecular weight excluding hydrogens is 625 g/mol. The van der Waals surface area contributed by atoms with E-state index in [9.17, 15) is 14.3 Å². The number of hydrogen-bond acceptors (Lipinski definition) is 7. The maximum Gasteiger partial charge on any atom is 0.472 e. The van der Waals surface area contributed by atoms with Gasteiger partial charge in [0.1, 0.15) is 6.10 Å². The summed E-state index contributed by atoms with van der Waals surface area (Å²) in [5, 5.41) is 0. The first-order chi connectivity index (χ1) is 23.4. The molecule has 48 heavy (non-hydrogen) atoms. The van der Waals surface area contributed by atoms with Gasteiger partial charge in [-0.05, 0) is 38.5 Å². The first kappa shape index (κ1) is 47.2. The Morgan fingerprint density at radius 2 is 1.04 bits per heavy atom. The predicted molar refractivity (Wildman–Crippen MR) is 201 cm³/mol. The maximum absolute atomic E-state index is 12.5. The molecular formula is C39H78NO7P. The summed E-state index contributed by atoms with van der Waals surface area (Å²) in [6.07, 6.45) is 37.9. The van der Waals surface area contributed by atoms with Gasteiger partial charge in [-0.25, -0.2) is 4.57 Å². The van der Waals surface area contributed by atoms with Crippen molar-refractivity contribution in [2.45, 2.75) is 200 Å². The zero-order valence-electron chi connectivity index (χ0n) is 31.5. The van der Waals surface area contributed by atoms with E-state index in [1.807, 2.05) is 0 Å². The predicted octanol–water partition coefficient (Wildman–Crippen LogP) is 11.5. The van der Waals surface area contributed by atoms with E-state index in [2.05, 4.69) is 26.0 Å². The molecule has 0 saturated heterocycles. The molecule has 0 heterocycles. The Labute approximate surface area is 296 Å². The summed E-state index contributed by atoms with van der Waals surface area (Å²) in [5.41, 5.74) is 5.36. The van der Waals surface area contributed by atoms with Gasteiger partial charge in [-0.1, -0.05) is 161 Å². The summed E-state index contributed by atoms with van der Waals surface area (Å²) in [6, 6.07) is 0. The molecule has 0 amide bonds. The Morgan fingerprint density at radius 3 is 1.52 bits per heavy atom. The van der Waals surface area contributed by atoms with Crippen LogP contribution < -0.4 is 5.73 Å². The molecule has 286 valence electrons. The van der Waals surface area contributed by atoms with E-state index in [0.29, 0.717) is 13.0 Å². The summed E-state index contributed by atoms with van der Waals surface area (Å²) in [4.78, 5) is 22.4. The van der Waals surface area contributed by atoms with E-state index < -0.39 is 13.9 Å². The van der Waals surface area contributed by atoms with Gasteiger partial charge in [-0.3, -0.25) is 13.8 Å². The summed E-state index contributed by atoms with van der Waals surface area (Å²) in [5.74, 6) is -0.330. The smallest absolute Gasteiger partial charge is 0.457 e. The molecule has 0 aliphatic heterocycles. The van der Waals surface area contributed by atoms with E-state index in [0.717, 1.165) is 32.1 Å². The van der Waals surface area contributed by atoms with Crippen LogP contribution in [-0.4, -0.2) is 49.9 Å². The second kappa shape index (κ2) is 37.5. The van der Waals surface area contributed by atoms with Crippen LogP contribution in [0.1, 0.15) is 194 Å². The highest BCUT2D eigenvalue weighted by molar-refractivity contribution is 7.47. The number of phosphoric ester groups is 1. The van der Waals surface area contributed by atoms with Crippen LogP contribution in [-0.2, 0) is 27.9 Å². The highest BCUT2D eigenvalue weighted by Gasteiger charge is 2.25. The van der Waals surface area contributed by atoms with E-state index >= 15 is 0 Å². The van der Waals surface area contributed by atoms with Crippen LogP contribution in [0.15, 0.2) is 12.2 Å². The number of esters is 1. The molecule has 0 spiro atoms. The number of phosphoric acid groups is 1. The third-order valence-electron chi connectivity index (χ3n) is 8.68. The van der Waals surface area contributed by atoms with Crippen molar-refractivity contribution in [1.29, 1.82) is 0 Å². The summed E-state index contributed by atoms with van der Waals surface area (Å²) < 4.78 is 33.3. The highest BCUT2D eigenvalue weighted by Crippen LogP contribution is 2.43. The van der Waals surface area contributed by atoms with Crippen LogP contribution in [0.25, 0.3) is 0 Å². The fraction of sp³-hybridized carbons (Fsp3) is 0.923. The maximum atomic E-state index is 12.5. The molecule has 0 aliphatic carbocycles. The van der Waals surface area contributed by atoms with Crippen molar-refractivity contribution in [3.8, 4) is 0 Å². The lowest BCUT2D eigenvalue weighted by molar-refractivity contribution is -0.154. The summed E-state index contributed by atoms with van der Waals surface area (Å²) >= 11 is 0. The SMILES string of the molecule is CCCCCCCC/C=C\CCCCCCCCOCC(COP(=O)(O)OCCN)OC(=O)CCCCCCCCCCCCCCC. The van der Waals surface area contributed by atoms with Crippen molar-refractivity contribution >= 4 is 13.8 Å². The van der Waals surface area contributed by atoms with Gasteiger partial charge in [0.15, 0.2) is 0 Å². The number of unbranched alkanes of at least 4 members (excludes halogenated alkanes) is 24. The Hall–Kier alpha value is -0.760. The molecule has 9 heteroatoms. The molecule has 2 atom stereocenters. The fourth-order valence-electron chi connectivity index (χ4n) is 5.70. The van der Waals surface area contributed by atoms with Crippen molar-refractivity contribution in [3.05, 3.63) is 12.2 Å². The molecule has 0 aliphatic rings. The van der Waals surface area contributed by atoms with Crippen LogP contribution in [0.2, 0.25) is 0 Å². The van der Waals surface area contributed by atoms with Crippen molar-refractivity contribution in [2.24, 2.45) is 5.73 Å². The van der Waals surface area contributed by atoms with Gasteiger partial charge in [-0.2, -0.15) is 0 Å². The van der Waals surface area contributed by atoms with E-state index in [-0.39, 0.29) is 32.3 Å².